The summed E-state index contributed by atoms with van der Waals surface area (Å²) in [5.74, 6) is 1.88. The molecule has 1 aliphatic carbocycles. The van der Waals surface area contributed by atoms with E-state index in [2.05, 4.69) is 94.7 Å². The van der Waals surface area contributed by atoms with Crippen LogP contribution in [0.4, 0.5) is 0 Å². The van der Waals surface area contributed by atoms with Crippen molar-refractivity contribution in [2.45, 2.75) is 77.6 Å². The summed E-state index contributed by atoms with van der Waals surface area (Å²) in [5, 5.41) is 2.12. The molecule has 0 radical (unpaired) electrons. The van der Waals surface area contributed by atoms with Gasteiger partial charge in [0.1, 0.15) is 17.3 Å². The Hall–Kier alpha value is -7.31. The normalized spacial score (nSPS) is 16.7. The third kappa shape index (κ3) is 6.91. The molecule has 6 aromatic carbocycles. The van der Waals surface area contributed by atoms with Gasteiger partial charge in [0, 0.05) is 35.4 Å². The van der Waals surface area contributed by atoms with Crippen molar-refractivity contribution >= 4 is 32.8 Å². The fourth-order valence-corrected chi connectivity index (χ4v) is 9.63. The van der Waals surface area contributed by atoms with Gasteiger partial charge in [0.05, 0.1) is 47.1 Å². The summed E-state index contributed by atoms with van der Waals surface area (Å²) in [6.45, 7) is 14.8. The fourth-order valence-electron chi connectivity index (χ4n) is 9.63. The van der Waals surface area contributed by atoms with Crippen LogP contribution in [0.5, 0.6) is 11.5 Å². The number of benzene rings is 6. The van der Waals surface area contributed by atoms with E-state index in [4.69, 9.17) is 17.9 Å². The molecule has 1 aliphatic rings. The Morgan fingerprint density at radius 2 is 1.42 bits per heavy atom. The first-order valence-corrected chi connectivity index (χ1v) is 22.0. The third-order valence-electron chi connectivity index (χ3n) is 13.1. The summed E-state index contributed by atoms with van der Waals surface area (Å²) in [6.07, 6.45) is 10.1. The van der Waals surface area contributed by atoms with Crippen LogP contribution in [0.25, 0.3) is 72.3 Å². The molecular weight excluding hydrogens is 795 g/mol. The number of pyridine rings is 2. The van der Waals surface area contributed by atoms with Crippen LogP contribution in [0, 0.1) is 6.33 Å². The molecule has 0 fully saturated rings. The summed E-state index contributed by atoms with van der Waals surface area (Å²) in [6, 6.07) is 24.5. The van der Waals surface area contributed by atoms with Gasteiger partial charge in [-0.2, -0.15) is 0 Å². The average molecular weight is 858 g/mol. The first kappa shape index (κ1) is 30.7. The second kappa shape index (κ2) is 15.2. The minimum absolute atomic E-state index is 0.0767. The molecular formula is C59H53N5O. The highest BCUT2D eigenvalue weighted by atomic mass is 16.5. The number of nitrogens with zero attached hydrogens (tertiary/aromatic N) is 5. The van der Waals surface area contributed by atoms with Gasteiger partial charge in [-0.25, -0.2) is 4.98 Å². The number of imidazole rings is 1. The van der Waals surface area contributed by atoms with Gasteiger partial charge in [-0.3, -0.25) is 18.7 Å². The Labute approximate surface area is 395 Å². The second-order valence-corrected chi connectivity index (χ2v) is 19.3. The molecule has 320 valence electrons. The van der Waals surface area contributed by atoms with Crippen molar-refractivity contribution in [3.63, 3.8) is 0 Å². The molecule has 11 rings (SSSR count). The summed E-state index contributed by atoms with van der Waals surface area (Å²) in [7, 11) is 0. The van der Waals surface area contributed by atoms with Gasteiger partial charge in [0.25, 0.3) is 6.33 Å². The van der Waals surface area contributed by atoms with Crippen molar-refractivity contribution in [1.29, 1.82) is 0 Å². The zero-order valence-electron chi connectivity index (χ0n) is 47.5. The lowest BCUT2D eigenvalue weighted by molar-refractivity contribution is -0.571. The SMILES string of the molecule is [2H]c1c([2H])c([2H])c(-c2cc3c(c(-c4c([2H])c([2H])c([2H])c([2H])c4[2H])c2-[n+]2[c-]n(-c4cccc(Oc5ccc6c7ccccc7n(-c7cc(C(C)(C)C)ccn7)c6c5)c4)c4cnccc42)C(C)(C)CCC3(C)C)c([2H])c1[2H]. The average Bonchev–Trinajstić information content (AvgIpc) is 3.93. The maximum Gasteiger partial charge on any atom is 0.269 e. The smallest absolute Gasteiger partial charge is 0.269 e. The Bertz CT molecular complexity index is 4000. The van der Waals surface area contributed by atoms with Crippen molar-refractivity contribution < 1.29 is 23.0 Å². The molecule has 0 aliphatic heterocycles. The molecule has 0 bridgehead atoms. The van der Waals surface area contributed by atoms with E-state index in [1.54, 1.807) is 27.6 Å². The maximum atomic E-state index is 9.53. The third-order valence-corrected chi connectivity index (χ3v) is 13.1. The molecule has 0 saturated carbocycles. The van der Waals surface area contributed by atoms with Gasteiger partial charge in [0.2, 0.25) is 0 Å². The minimum Gasteiger partial charge on any atom is -0.458 e. The number of para-hydroxylation sites is 1. The monoisotopic (exact) mass is 857 g/mol. The minimum atomic E-state index is -0.646. The molecule has 0 saturated heterocycles. The largest absolute Gasteiger partial charge is 0.458 e. The topological polar surface area (TPSA) is 48.8 Å². The predicted molar refractivity (Wildman–Crippen MR) is 265 cm³/mol. The van der Waals surface area contributed by atoms with E-state index in [0.717, 1.165) is 50.7 Å². The van der Waals surface area contributed by atoms with Crippen molar-refractivity contribution in [1.82, 2.24) is 19.1 Å². The van der Waals surface area contributed by atoms with Gasteiger partial charge < -0.3 is 4.74 Å². The number of ether oxygens (including phenoxy) is 1. The number of fused-ring (bicyclic) bond motifs is 5. The Kier molecular flexibility index (Phi) is 7.16. The summed E-state index contributed by atoms with van der Waals surface area (Å²) < 4.78 is 103. The zero-order valence-corrected chi connectivity index (χ0v) is 37.5. The van der Waals surface area contributed by atoms with Crippen LogP contribution in [0.15, 0.2) is 170 Å². The van der Waals surface area contributed by atoms with E-state index < -0.39 is 71.3 Å². The van der Waals surface area contributed by atoms with Crippen molar-refractivity contribution in [2.24, 2.45) is 0 Å². The fraction of sp³-hybridized carbons (Fsp3) is 0.203. The highest BCUT2D eigenvalue weighted by Gasteiger charge is 2.41. The van der Waals surface area contributed by atoms with Crippen LogP contribution in [0.2, 0.25) is 0 Å². The molecule has 10 aromatic rings. The van der Waals surface area contributed by atoms with Gasteiger partial charge in [-0.05, 0) is 123 Å². The van der Waals surface area contributed by atoms with E-state index >= 15 is 0 Å². The molecule has 0 amide bonds. The van der Waals surface area contributed by atoms with Crippen LogP contribution >= 0.6 is 0 Å². The lowest BCUT2D eigenvalue weighted by Crippen LogP contribution is -2.38. The Morgan fingerprint density at radius 1 is 0.692 bits per heavy atom. The molecule has 65 heavy (non-hydrogen) atoms. The van der Waals surface area contributed by atoms with E-state index in [-0.39, 0.29) is 33.4 Å². The van der Waals surface area contributed by atoms with Gasteiger partial charge in [0.15, 0.2) is 0 Å². The van der Waals surface area contributed by atoms with Crippen LogP contribution in [0.1, 0.15) is 91.7 Å². The van der Waals surface area contributed by atoms with E-state index in [1.165, 1.54) is 0 Å². The Balaban J connectivity index is 1.16. The summed E-state index contributed by atoms with van der Waals surface area (Å²) >= 11 is 0. The summed E-state index contributed by atoms with van der Waals surface area (Å²) in [5.41, 5.74) is 5.51. The van der Waals surface area contributed by atoms with Crippen molar-refractivity contribution in [3.8, 4) is 50.9 Å². The number of hydrogen-bond acceptors (Lipinski definition) is 3. The lowest BCUT2D eigenvalue weighted by Gasteiger charge is -2.44. The van der Waals surface area contributed by atoms with E-state index in [0.29, 0.717) is 34.6 Å². The first-order chi connectivity index (χ1) is 35.5. The first-order valence-electron chi connectivity index (χ1n) is 27.0. The molecule has 6 nitrogen and oxygen atoms in total. The van der Waals surface area contributed by atoms with Gasteiger partial charge >= 0.3 is 0 Å². The molecule has 0 atom stereocenters. The zero-order chi connectivity index (χ0) is 53.4. The van der Waals surface area contributed by atoms with Crippen LogP contribution in [-0.2, 0) is 16.2 Å². The molecule has 0 spiro atoms. The van der Waals surface area contributed by atoms with Crippen LogP contribution in [-0.4, -0.2) is 19.1 Å². The molecule has 0 N–H and O–H groups in total. The molecule has 4 heterocycles. The number of aromatic nitrogens is 5. The quantitative estimate of drug-likeness (QED) is 0.118. The molecule has 6 heteroatoms. The van der Waals surface area contributed by atoms with E-state index in [9.17, 15) is 5.48 Å². The van der Waals surface area contributed by atoms with E-state index in [1.807, 2.05) is 60.8 Å². The summed E-state index contributed by atoms with van der Waals surface area (Å²) in [4.78, 5) is 9.38. The molecule has 4 aromatic heterocycles. The number of rotatable bonds is 7. The van der Waals surface area contributed by atoms with Crippen molar-refractivity contribution in [2.75, 3.05) is 0 Å². The lowest BCUT2D eigenvalue weighted by atomic mass is 9.60. The standard InChI is InChI=1S/C59H53N5O/c1-57(2,3)41-27-32-61-53(33-41)64-49-24-15-14-23-45(49)46-26-25-44(35-51(46)64)65-43-22-16-21-42(34-43)62-38-63(50-28-31-60-37-52(50)62)56-47(39-17-10-8-11-18-39)36-48-55(54(56)40-19-12-9-13-20-40)59(6,7)30-29-58(48,4)5/h8-28,31-37H,29-30H2,1-7H3/i8D,9D,10D,11D,12D,13D,17D,18D,19D,20D. The highest BCUT2D eigenvalue weighted by Crippen LogP contribution is 2.53. The van der Waals surface area contributed by atoms with Crippen molar-refractivity contribution in [3.05, 3.63) is 193 Å². The predicted octanol–water partition coefficient (Wildman–Crippen LogP) is 14.4. The second-order valence-electron chi connectivity index (χ2n) is 19.3. The molecule has 0 unspecified atom stereocenters. The van der Waals surface area contributed by atoms with Gasteiger partial charge in [-0.1, -0.05) is 139 Å². The van der Waals surface area contributed by atoms with Crippen LogP contribution < -0.4 is 9.30 Å². The maximum absolute atomic E-state index is 9.53. The number of hydrogen-bond donors (Lipinski definition) is 0. The van der Waals surface area contributed by atoms with Gasteiger partial charge in [-0.15, -0.1) is 0 Å². The highest BCUT2D eigenvalue weighted by molar-refractivity contribution is 6.09. The van der Waals surface area contributed by atoms with Crippen LogP contribution in [0.3, 0.4) is 0 Å². The Morgan fingerprint density at radius 3 is 2.20 bits per heavy atom.